The minimum Gasteiger partial charge on any atom is -1.00 e. The Morgan fingerprint density at radius 1 is 1.42 bits per heavy atom. The van der Waals surface area contributed by atoms with Crippen molar-refractivity contribution in [2.45, 2.75) is 33.3 Å². The Balaban J connectivity index is 0. The molecule has 1 aliphatic rings. The first-order valence-electron chi connectivity index (χ1n) is 3.66. The SMILES string of the molecule is CC1=CC(C)=C(C(C)O)C1.[Cl-].[Ti]. The number of hydrogen-bond donors (Lipinski definition) is 1. The van der Waals surface area contributed by atoms with Crippen LogP contribution in [0.3, 0.4) is 0 Å². The van der Waals surface area contributed by atoms with Crippen LogP contribution < -0.4 is 12.4 Å². The molecule has 0 aromatic carbocycles. The van der Waals surface area contributed by atoms with E-state index in [0.29, 0.717) is 0 Å². The molecule has 3 heteroatoms. The summed E-state index contributed by atoms with van der Waals surface area (Å²) in [5.41, 5.74) is 3.78. The van der Waals surface area contributed by atoms with Crippen molar-refractivity contribution >= 4 is 0 Å². The van der Waals surface area contributed by atoms with Crippen LogP contribution in [0.1, 0.15) is 27.2 Å². The average Bonchev–Trinajstić information content (AvgIpc) is 2.10. The molecule has 0 aromatic heterocycles. The molecule has 12 heavy (non-hydrogen) atoms. The van der Waals surface area contributed by atoms with Gasteiger partial charge in [-0.05, 0) is 38.3 Å². The number of aliphatic hydroxyl groups is 1. The van der Waals surface area contributed by atoms with E-state index in [0.717, 1.165) is 6.42 Å². The van der Waals surface area contributed by atoms with Crippen molar-refractivity contribution in [3.05, 3.63) is 22.8 Å². The topological polar surface area (TPSA) is 20.2 Å². The van der Waals surface area contributed by atoms with E-state index in [1.807, 2.05) is 6.92 Å². The number of allylic oxidation sites excluding steroid dienone is 3. The predicted octanol–water partition coefficient (Wildman–Crippen LogP) is -0.965. The van der Waals surface area contributed by atoms with Crippen molar-refractivity contribution in [1.82, 2.24) is 0 Å². The summed E-state index contributed by atoms with van der Waals surface area (Å²) in [6.45, 7) is 5.97. The molecule has 1 atom stereocenters. The molecule has 0 heterocycles. The maximum Gasteiger partial charge on any atom is 0.0730 e. The Labute approximate surface area is 95.2 Å². The summed E-state index contributed by atoms with van der Waals surface area (Å²) < 4.78 is 0. The smallest absolute Gasteiger partial charge is 0.0730 e. The van der Waals surface area contributed by atoms with Crippen molar-refractivity contribution in [3.8, 4) is 0 Å². The second-order valence-corrected chi connectivity index (χ2v) is 3.05. The minimum absolute atomic E-state index is 0. The van der Waals surface area contributed by atoms with Crippen LogP contribution in [0.5, 0.6) is 0 Å². The number of rotatable bonds is 1. The molecule has 0 saturated heterocycles. The average molecular weight is 222 g/mol. The first-order chi connectivity index (χ1) is 4.61. The molecule has 0 amide bonds. The summed E-state index contributed by atoms with van der Waals surface area (Å²) in [6, 6.07) is 0. The van der Waals surface area contributed by atoms with Crippen molar-refractivity contribution in [2.75, 3.05) is 0 Å². The normalized spacial score (nSPS) is 17.8. The molecule has 0 bridgehead atoms. The van der Waals surface area contributed by atoms with Crippen LogP contribution in [-0.4, -0.2) is 11.2 Å². The molecular formula is C9H14ClOTi-. The van der Waals surface area contributed by atoms with Crippen molar-refractivity contribution in [2.24, 2.45) is 0 Å². The predicted molar refractivity (Wildman–Crippen MR) is 42.8 cm³/mol. The quantitative estimate of drug-likeness (QED) is 0.566. The van der Waals surface area contributed by atoms with Crippen LogP contribution in [0.15, 0.2) is 22.8 Å². The van der Waals surface area contributed by atoms with Gasteiger partial charge in [0.25, 0.3) is 0 Å². The fourth-order valence-electron chi connectivity index (χ4n) is 1.43. The summed E-state index contributed by atoms with van der Waals surface area (Å²) in [4.78, 5) is 0. The van der Waals surface area contributed by atoms with Crippen LogP contribution in [0.2, 0.25) is 0 Å². The van der Waals surface area contributed by atoms with E-state index in [2.05, 4.69) is 19.9 Å². The molecule has 1 aliphatic carbocycles. The third-order valence-corrected chi connectivity index (χ3v) is 1.94. The van der Waals surface area contributed by atoms with Crippen molar-refractivity contribution < 1.29 is 39.2 Å². The molecule has 0 saturated carbocycles. The Morgan fingerprint density at radius 3 is 2.08 bits per heavy atom. The molecule has 0 fully saturated rings. The Kier molecular flexibility index (Phi) is 7.45. The monoisotopic (exact) mass is 221 g/mol. The van der Waals surface area contributed by atoms with E-state index in [1.54, 1.807) is 0 Å². The molecule has 0 aromatic rings. The van der Waals surface area contributed by atoms with Gasteiger partial charge < -0.3 is 17.5 Å². The van der Waals surface area contributed by atoms with Crippen LogP contribution >= 0.6 is 0 Å². The van der Waals surface area contributed by atoms with Crippen LogP contribution in [0, 0.1) is 0 Å². The molecule has 0 spiro atoms. The summed E-state index contributed by atoms with van der Waals surface area (Å²) in [5.74, 6) is 0. The van der Waals surface area contributed by atoms with Gasteiger partial charge in [0.05, 0.1) is 6.10 Å². The van der Waals surface area contributed by atoms with Crippen molar-refractivity contribution in [3.63, 3.8) is 0 Å². The van der Waals surface area contributed by atoms with Gasteiger partial charge in [0.15, 0.2) is 0 Å². The maximum atomic E-state index is 9.25. The molecule has 68 valence electrons. The molecule has 1 N–H and O–H groups in total. The molecule has 1 rings (SSSR count). The van der Waals surface area contributed by atoms with Gasteiger partial charge in [-0.2, -0.15) is 0 Å². The van der Waals surface area contributed by atoms with Crippen LogP contribution in [-0.2, 0) is 21.7 Å². The van der Waals surface area contributed by atoms with E-state index in [9.17, 15) is 5.11 Å². The third kappa shape index (κ3) is 3.44. The second kappa shape index (κ2) is 5.98. The maximum absolute atomic E-state index is 9.25. The van der Waals surface area contributed by atoms with Gasteiger partial charge in [0, 0.05) is 21.7 Å². The van der Waals surface area contributed by atoms with E-state index in [-0.39, 0.29) is 40.2 Å². The third-order valence-electron chi connectivity index (χ3n) is 1.94. The fraction of sp³-hybridized carbons (Fsp3) is 0.556. The Bertz CT molecular complexity index is 207. The van der Waals surface area contributed by atoms with Crippen LogP contribution in [0.4, 0.5) is 0 Å². The van der Waals surface area contributed by atoms with Gasteiger partial charge in [0.1, 0.15) is 0 Å². The van der Waals surface area contributed by atoms with E-state index in [1.165, 1.54) is 16.7 Å². The summed E-state index contributed by atoms with van der Waals surface area (Å²) in [6.07, 6.45) is 2.83. The van der Waals surface area contributed by atoms with Crippen molar-refractivity contribution in [1.29, 1.82) is 0 Å². The number of hydrogen-bond acceptors (Lipinski definition) is 1. The van der Waals surface area contributed by atoms with Gasteiger partial charge >= 0.3 is 0 Å². The number of aliphatic hydroxyl groups excluding tert-OH is 1. The standard InChI is InChI=1S/C9H14O.ClH.Ti/c1-6-4-7(2)9(5-6)8(3)10;;/h4,8,10H,5H2,1-3H3;1H;/p-1. The minimum atomic E-state index is -0.270. The van der Waals surface area contributed by atoms with E-state index in [4.69, 9.17) is 0 Å². The summed E-state index contributed by atoms with van der Waals surface area (Å²) in [7, 11) is 0. The van der Waals surface area contributed by atoms with Gasteiger partial charge in [-0.15, -0.1) is 0 Å². The van der Waals surface area contributed by atoms with Gasteiger partial charge in [-0.25, -0.2) is 0 Å². The zero-order chi connectivity index (χ0) is 7.72. The van der Waals surface area contributed by atoms with Gasteiger partial charge in [-0.3, -0.25) is 0 Å². The summed E-state index contributed by atoms with van der Waals surface area (Å²) in [5, 5.41) is 9.25. The largest absolute Gasteiger partial charge is 1.00 e. The Morgan fingerprint density at radius 2 is 1.92 bits per heavy atom. The van der Waals surface area contributed by atoms with E-state index >= 15 is 0 Å². The molecular weight excluding hydrogens is 207 g/mol. The zero-order valence-corrected chi connectivity index (χ0v) is 10.0. The second-order valence-electron chi connectivity index (χ2n) is 3.05. The number of halogens is 1. The molecule has 0 aliphatic heterocycles. The summed E-state index contributed by atoms with van der Waals surface area (Å²) >= 11 is 0. The molecule has 1 unspecified atom stereocenters. The van der Waals surface area contributed by atoms with Gasteiger partial charge in [-0.1, -0.05) is 11.6 Å². The molecule has 0 radical (unpaired) electrons. The van der Waals surface area contributed by atoms with Gasteiger partial charge in [0.2, 0.25) is 0 Å². The first kappa shape index (κ1) is 14.9. The fourth-order valence-corrected chi connectivity index (χ4v) is 1.43. The molecule has 1 nitrogen and oxygen atoms in total. The van der Waals surface area contributed by atoms with Crippen LogP contribution in [0.25, 0.3) is 0 Å². The first-order valence-corrected chi connectivity index (χ1v) is 3.66. The van der Waals surface area contributed by atoms with E-state index < -0.39 is 0 Å². The zero-order valence-electron chi connectivity index (χ0n) is 7.69. The Hall–Kier alpha value is 0.444.